The number of hydrogen-bond donors (Lipinski definition) is 2. The van der Waals surface area contributed by atoms with Crippen LogP contribution in [0.4, 0.5) is 13.2 Å². The number of aromatic nitrogens is 2. The van der Waals surface area contributed by atoms with Crippen LogP contribution in [0.2, 0.25) is 0 Å². The summed E-state index contributed by atoms with van der Waals surface area (Å²) >= 11 is 0. The summed E-state index contributed by atoms with van der Waals surface area (Å²) in [7, 11) is 1.79. The SMILES string of the molecule is CNCc1cc(-c2ccc(OC(F)(F)F)cc2)c2nccn2c1CO. The molecule has 0 aliphatic heterocycles. The highest BCUT2D eigenvalue weighted by Gasteiger charge is 2.31. The lowest BCUT2D eigenvalue weighted by atomic mass is 10.0. The van der Waals surface area contributed by atoms with Crippen LogP contribution in [0.3, 0.4) is 0 Å². The maximum atomic E-state index is 12.3. The Balaban J connectivity index is 2.07. The number of fused-ring (bicyclic) bond motifs is 1. The number of nitrogens with one attached hydrogen (secondary N) is 1. The molecule has 0 aliphatic rings. The van der Waals surface area contributed by atoms with Gasteiger partial charge in [0.2, 0.25) is 0 Å². The number of aliphatic hydroxyl groups is 1. The van der Waals surface area contributed by atoms with Crippen molar-refractivity contribution >= 4 is 5.65 Å². The highest BCUT2D eigenvalue weighted by atomic mass is 19.4. The van der Waals surface area contributed by atoms with Gasteiger partial charge in [-0.15, -0.1) is 13.2 Å². The highest BCUT2D eigenvalue weighted by molar-refractivity contribution is 5.79. The maximum Gasteiger partial charge on any atom is 0.573 e. The smallest absolute Gasteiger partial charge is 0.406 e. The molecule has 3 rings (SSSR count). The summed E-state index contributed by atoms with van der Waals surface area (Å²) in [5.74, 6) is -0.280. The molecule has 0 radical (unpaired) electrons. The molecule has 0 spiro atoms. The Morgan fingerprint density at radius 1 is 1.24 bits per heavy atom. The van der Waals surface area contributed by atoms with Gasteiger partial charge in [-0.2, -0.15) is 0 Å². The molecule has 2 N–H and O–H groups in total. The van der Waals surface area contributed by atoms with Gasteiger partial charge in [0.05, 0.1) is 12.3 Å². The molecular formula is C17H16F3N3O2. The van der Waals surface area contributed by atoms with Gasteiger partial charge in [0.1, 0.15) is 11.4 Å². The van der Waals surface area contributed by atoms with Crippen molar-refractivity contribution in [1.82, 2.24) is 14.7 Å². The maximum absolute atomic E-state index is 12.3. The standard InChI is InChI=1S/C17H16F3N3O2/c1-21-9-12-8-14(16-22-6-7-23(16)15(12)10-24)11-2-4-13(5-3-11)25-17(18,19)20/h2-8,21,24H,9-10H2,1H3. The zero-order valence-corrected chi connectivity index (χ0v) is 13.3. The Kier molecular flexibility index (Phi) is 4.65. The van der Waals surface area contributed by atoms with E-state index in [0.29, 0.717) is 23.4 Å². The zero-order chi connectivity index (χ0) is 18.0. The molecule has 0 amide bonds. The minimum Gasteiger partial charge on any atom is -0.406 e. The van der Waals surface area contributed by atoms with E-state index in [1.165, 1.54) is 12.1 Å². The number of hydrogen-bond acceptors (Lipinski definition) is 4. The van der Waals surface area contributed by atoms with E-state index in [0.717, 1.165) is 11.1 Å². The number of alkyl halides is 3. The van der Waals surface area contributed by atoms with Crippen molar-refractivity contribution < 1.29 is 23.0 Å². The number of ether oxygens (including phenoxy) is 1. The van der Waals surface area contributed by atoms with Crippen LogP contribution in [0.5, 0.6) is 5.75 Å². The van der Waals surface area contributed by atoms with Gasteiger partial charge < -0.3 is 19.6 Å². The Labute approximate surface area is 141 Å². The lowest BCUT2D eigenvalue weighted by molar-refractivity contribution is -0.274. The number of halogens is 3. The van der Waals surface area contributed by atoms with Crippen LogP contribution in [0.25, 0.3) is 16.8 Å². The van der Waals surface area contributed by atoms with Gasteiger partial charge in [-0.05, 0) is 36.4 Å². The van der Waals surface area contributed by atoms with Crippen LogP contribution in [0, 0.1) is 0 Å². The Morgan fingerprint density at radius 3 is 2.56 bits per heavy atom. The predicted octanol–water partition coefficient (Wildman–Crippen LogP) is 3.11. The van der Waals surface area contributed by atoms with Crippen molar-refractivity contribution in [2.75, 3.05) is 7.05 Å². The third-order valence-electron chi connectivity index (χ3n) is 3.78. The molecule has 0 atom stereocenters. The van der Waals surface area contributed by atoms with Gasteiger partial charge in [0.15, 0.2) is 0 Å². The first-order valence-electron chi connectivity index (χ1n) is 7.52. The van der Waals surface area contributed by atoms with Gasteiger partial charge in [-0.25, -0.2) is 4.98 Å². The Morgan fingerprint density at radius 2 is 1.96 bits per heavy atom. The minimum atomic E-state index is -4.72. The van der Waals surface area contributed by atoms with Crippen LogP contribution in [-0.4, -0.2) is 27.9 Å². The lowest BCUT2D eigenvalue weighted by Gasteiger charge is -2.14. The van der Waals surface area contributed by atoms with Crippen molar-refractivity contribution in [3.63, 3.8) is 0 Å². The average molecular weight is 351 g/mol. The number of rotatable bonds is 5. The van der Waals surface area contributed by atoms with E-state index in [1.807, 2.05) is 6.07 Å². The first kappa shape index (κ1) is 17.2. The fourth-order valence-electron chi connectivity index (χ4n) is 2.77. The normalized spacial score (nSPS) is 11.9. The van der Waals surface area contributed by atoms with Crippen molar-refractivity contribution in [2.45, 2.75) is 19.5 Å². The van der Waals surface area contributed by atoms with Gasteiger partial charge >= 0.3 is 6.36 Å². The van der Waals surface area contributed by atoms with E-state index >= 15 is 0 Å². The summed E-state index contributed by atoms with van der Waals surface area (Å²) in [6.07, 6.45) is -1.37. The number of pyridine rings is 1. The van der Waals surface area contributed by atoms with Gasteiger partial charge in [0, 0.05) is 24.5 Å². The molecule has 0 saturated heterocycles. The second-order valence-electron chi connectivity index (χ2n) is 5.41. The van der Waals surface area contributed by atoms with E-state index in [2.05, 4.69) is 15.0 Å². The fraction of sp³-hybridized carbons (Fsp3) is 0.235. The molecule has 5 nitrogen and oxygen atoms in total. The molecule has 0 unspecified atom stereocenters. The number of imidazole rings is 1. The van der Waals surface area contributed by atoms with E-state index in [-0.39, 0.29) is 12.4 Å². The Bertz CT molecular complexity index is 873. The van der Waals surface area contributed by atoms with Crippen LogP contribution < -0.4 is 10.1 Å². The highest BCUT2D eigenvalue weighted by Crippen LogP contribution is 2.30. The van der Waals surface area contributed by atoms with E-state index in [4.69, 9.17) is 0 Å². The molecule has 25 heavy (non-hydrogen) atoms. The molecule has 0 saturated carbocycles. The third-order valence-corrected chi connectivity index (χ3v) is 3.78. The molecule has 8 heteroatoms. The first-order valence-corrected chi connectivity index (χ1v) is 7.52. The largest absolute Gasteiger partial charge is 0.573 e. The second kappa shape index (κ2) is 6.73. The summed E-state index contributed by atoms with van der Waals surface area (Å²) in [4.78, 5) is 4.31. The molecule has 0 fully saturated rings. The van der Waals surface area contributed by atoms with Crippen LogP contribution in [0.15, 0.2) is 42.7 Å². The topological polar surface area (TPSA) is 58.8 Å². The third kappa shape index (κ3) is 3.59. The van der Waals surface area contributed by atoms with Crippen LogP contribution in [0.1, 0.15) is 11.3 Å². The first-order chi connectivity index (χ1) is 11.9. The van der Waals surface area contributed by atoms with Gasteiger partial charge in [-0.1, -0.05) is 12.1 Å². The molecule has 0 aliphatic carbocycles. The summed E-state index contributed by atoms with van der Waals surface area (Å²) in [6.45, 7) is 0.384. The lowest BCUT2D eigenvalue weighted by Crippen LogP contribution is -2.16. The van der Waals surface area contributed by atoms with Gasteiger partial charge in [-0.3, -0.25) is 0 Å². The van der Waals surface area contributed by atoms with Gasteiger partial charge in [0.25, 0.3) is 0 Å². The summed E-state index contributed by atoms with van der Waals surface area (Å²) < 4.78 is 42.5. The number of benzene rings is 1. The average Bonchev–Trinajstić information content (AvgIpc) is 3.03. The predicted molar refractivity (Wildman–Crippen MR) is 86.0 cm³/mol. The molecule has 2 heterocycles. The van der Waals surface area contributed by atoms with Crippen LogP contribution >= 0.6 is 0 Å². The number of aliphatic hydroxyl groups excluding tert-OH is 1. The van der Waals surface area contributed by atoms with Crippen LogP contribution in [-0.2, 0) is 13.2 Å². The molecule has 1 aromatic carbocycles. The molecule has 3 aromatic rings. The van der Waals surface area contributed by atoms with Crippen molar-refractivity contribution in [3.05, 3.63) is 54.0 Å². The monoisotopic (exact) mass is 351 g/mol. The summed E-state index contributed by atoms with van der Waals surface area (Å²) in [6, 6.07) is 7.50. The fourth-order valence-corrected chi connectivity index (χ4v) is 2.77. The minimum absolute atomic E-state index is 0.150. The molecular weight excluding hydrogens is 335 g/mol. The van der Waals surface area contributed by atoms with Crippen molar-refractivity contribution in [3.8, 4) is 16.9 Å². The quantitative estimate of drug-likeness (QED) is 0.742. The summed E-state index contributed by atoms with van der Waals surface area (Å²) in [5, 5.41) is 12.7. The van der Waals surface area contributed by atoms with E-state index < -0.39 is 6.36 Å². The van der Waals surface area contributed by atoms with E-state index in [1.54, 1.807) is 36.0 Å². The molecule has 132 valence electrons. The van der Waals surface area contributed by atoms with E-state index in [9.17, 15) is 18.3 Å². The Hall–Kier alpha value is -2.58. The summed E-state index contributed by atoms with van der Waals surface area (Å²) in [5.41, 5.74) is 3.66. The molecule has 2 aromatic heterocycles. The zero-order valence-electron chi connectivity index (χ0n) is 13.3. The number of nitrogens with zero attached hydrogens (tertiary/aromatic N) is 2. The van der Waals surface area contributed by atoms with Crippen molar-refractivity contribution in [2.24, 2.45) is 0 Å². The molecule has 0 bridgehead atoms. The van der Waals surface area contributed by atoms with Crippen molar-refractivity contribution in [1.29, 1.82) is 0 Å². The second-order valence-corrected chi connectivity index (χ2v) is 5.41.